The Hall–Kier alpha value is -2.99. The molecule has 34 heavy (non-hydrogen) atoms. The standard InChI is InChI=1S/C28H28F3NO2/c29-28(30,31)22-9-7-20(8-10-22)25-18-34-26-17-23(33)11-12-24(26)27(25)21-5-3-19(4-6-21)13-16-32-14-1-2-15-32/h3-12,17,25,27,33H,1-2,13-16,18H2/t25-,27-/m0/s1. The molecule has 0 aromatic heterocycles. The van der Waals surface area contributed by atoms with Crippen LogP contribution in [0.15, 0.2) is 66.7 Å². The van der Waals surface area contributed by atoms with Crippen LogP contribution < -0.4 is 4.74 Å². The number of alkyl halides is 3. The fourth-order valence-corrected chi connectivity index (χ4v) is 5.20. The summed E-state index contributed by atoms with van der Waals surface area (Å²) in [6.07, 6.45) is -0.803. The van der Waals surface area contributed by atoms with Gasteiger partial charge in [-0.2, -0.15) is 13.2 Å². The maximum Gasteiger partial charge on any atom is 0.416 e. The molecular formula is C28H28F3NO2. The molecule has 5 rings (SSSR count). The second-order valence-corrected chi connectivity index (χ2v) is 9.28. The fourth-order valence-electron chi connectivity index (χ4n) is 5.20. The van der Waals surface area contributed by atoms with Crippen molar-refractivity contribution in [3.8, 4) is 11.5 Å². The summed E-state index contributed by atoms with van der Waals surface area (Å²) in [5, 5.41) is 9.93. The van der Waals surface area contributed by atoms with Crippen LogP contribution in [0.4, 0.5) is 13.2 Å². The molecular weight excluding hydrogens is 439 g/mol. The third-order valence-corrected chi connectivity index (χ3v) is 7.07. The van der Waals surface area contributed by atoms with Gasteiger partial charge in [-0.1, -0.05) is 42.5 Å². The molecule has 2 atom stereocenters. The van der Waals surface area contributed by atoms with E-state index in [1.165, 1.54) is 31.5 Å². The number of halogens is 3. The third-order valence-electron chi connectivity index (χ3n) is 7.07. The molecule has 178 valence electrons. The molecule has 3 aromatic rings. The topological polar surface area (TPSA) is 32.7 Å². The average molecular weight is 468 g/mol. The highest BCUT2D eigenvalue weighted by atomic mass is 19.4. The van der Waals surface area contributed by atoms with E-state index < -0.39 is 11.7 Å². The lowest BCUT2D eigenvalue weighted by molar-refractivity contribution is -0.137. The van der Waals surface area contributed by atoms with E-state index in [4.69, 9.17) is 4.74 Å². The Labute approximate surface area is 197 Å². The van der Waals surface area contributed by atoms with Gasteiger partial charge in [0.1, 0.15) is 11.5 Å². The van der Waals surface area contributed by atoms with Crippen molar-refractivity contribution in [1.82, 2.24) is 4.90 Å². The first-order valence-electron chi connectivity index (χ1n) is 11.8. The van der Waals surface area contributed by atoms with Crippen molar-refractivity contribution in [2.24, 2.45) is 0 Å². The quantitative estimate of drug-likeness (QED) is 0.474. The molecule has 0 unspecified atom stereocenters. The molecule has 1 fully saturated rings. The van der Waals surface area contributed by atoms with Crippen LogP contribution in [0.3, 0.4) is 0 Å². The van der Waals surface area contributed by atoms with Gasteiger partial charge >= 0.3 is 6.18 Å². The molecule has 0 bridgehead atoms. The number of fused-ring (bicyclic) bond motifs is 1. The number of aromatic hydroxyl groups is 1. The number of hydrogen-bond acceptors (Lipinski definition) is 3. The Morgan fingerprint density at radius 1 is 0.882 bits per heavy atom. The number of ether oxygens (including phenoxy) is 1. The monoisotopic (exact) mass is 467 g/mol. The van der Waals surface area contributed by atoms with Gasteiger partial charge in [0.15, 0.2) is 0 Å². The summed E-state index contributed by atoms with van der Waals surface area (Å²) in [6.45, 7) is 3.74. The molecule has 2 heterocycles. The van der Waals surface area contributed by atoms with Crippen LogP contribution in [-0.4, -0.2) is 36.2 Å². The normalized spacial score (nSPS) is 20.7. The zero-order valence-electron chi connectivity index (χ0n) is 18.9. The number of nitrogens with zero attached hydrogens (tertiary/aromatic N) is 1. The van der Waals surface area contributed by atoms with E-state index >= 15 is 0 Å². The molecule has 3 nitrogen and oxygen atoms in total. The summed E-state index contributed by atoms with van der Waals surface area (Å²) in [5.41, 5.74) is 3.44. The molecule has 2 aliphatic heterocycles. The van der Waals surface area contributed by atoms with Crippen molar-refractivity contribution in [2.45, 2.75) is 37.3 Å². The zero-order chi connectivity index (χ0) is 23.7. The van der Waals surface area contributed by atoms with E-state index in [-0.39, 0.29) is 17.6 Å². The highest BCUT2D eigenvalue weighted by Crippen LogP contribution is 2.47. The van der Waals surface area contributed by atoms with Crippen LogP contribution >= 0.6 is 0 Å². The summed E-state index contributed by atoms with van der Waals surface area (Å²) < 4.78 is 45.2. The summed E-state index contributed by atoms with van der Waals surface area (Å²) >= 11 is 0. The minimum atomic E-state index is -4.37. The predicted octanol–water partition coefficient (Wildman–Crippen LogP) is 6.36. The molecule has 0 radical (unpaired) electrons. The number of hydrogen-bond donors (Lipinski definition) is 1. The highest BCUT2D eigenvalue weighted by Gasteiger charge is 2.35. The van der Waals surface area contributed by atoms with Gasteiger partial charge in [-0.15, -0.1) is 0 Å². The highest BCUT2D eigenvalue weighted by molar-refractivity contribution is 5.50. The third kappa shape index (κ3) is 4.78. The number of phenols is 1. The Bertz CT molecular complexity index is 1120. The lowest BCUT2D eigenvalue weighted by Crippen LogP contribution is -2.25. The number of likely N-dealkylation sites (tertiary alicyclic amines) is 1. The van der Waals surface area contributed by atoms with Gasteiger partial charge in [0, 0.05) is 30.0 Å². The van der Waals surface area contributed by atoms with E-state index in [2.05, 4.69) is 29.2 Å². The second kappa shape index (κ2) is 9.34. The lowest BCUT2D eigenvalue weighted by Gasteiger charge is -2.34. The molecule has 2 aliphatic rings. The number of benzene rings is 3. The first-order valence-corrected chi connectivity index (χ1v) is 11.8. The maximum atomic E-state index is 13.1. The summed E-state index contributed by atoms with van der Waals surface area (Å²) in [4.78, 5) is 2.50. The van der Waals surface area contributed by atoms with Crippen molar-refractivity contribution in [1.29, 1.82) is 0 Å². The van der Waals surface area contributed by atoms with E-state index in [0.717, 1.165) is 41.8 Å². The largest absolute Gasteiger partial charge is 0.508 e. The van der Waals surface area contributed by atoms with Gasteiger partial charge in [-0.05, 0) is 67.2 Å². The first kappa shape index (κ1) is 22.8. The number of phenolic OH excluding ortho intramolecular Hbond substituents is 1. The van der Waals surface area contributed by atoms with Crippen molar-refractivity contribution >= 4 is 0 Å². The van der Waals surface area contributed by atoms with E-state index in [1.807, 2.05) is 6.07 Å². The van der Waals surface area contributed by atoms with Crippen LogP contribution in [0.25, 0.3) is 0 Å². The van der Waals surface area contributed by atoms with E-state index in [1.54, 1.807) is 24.3 Å². The molecule has 1 N–H and O–H groups in total. The van der Waals surface area contributed by atoms with Crippen molar-refractivity contribution in [2.75, 3.05) is 26.2 Å². The SMILES string of the molecule is Oc1ccc2c(c1)OC[C@@H](c1ccc(C(F)(F)F)cc1)[C@H]2c1ccc(CCN2CCCC2)cc1. The molecule has 0 amide bonds. The Morgan fingerprint density at radius 3 is 2.24 bits per heavy atom. The van der Waals surface area contributed by atoms with Crippen LogP contribution in [0, 0.1) is 0 Å². The fraction of sp³-hybridized carbons (Fsp3) is 0.357. The second-order valence-electron chi connectivity index (χ2n) is 9.28. The average Bonchev–Trinajstić information content (AvgIpc) is 3.36. The predicted molar refractivity (Wildman–Crippen MR) is 125 cm³/mol. The Balaban J connectivity index is 1.44. The van der Waals surface area contributed by atoms with E-state index in [9.17, 15) is 18.3 Å². The minimum Gasteiger partial charge on any atom is -0.508 e. The summed E-state index contributed by atoms with van der Waals surface area (Å²) in [7, 11) is 0. The van der Waals surface area contributed by atoms with Crippen LogP contribution in [0.5, 0.6) is 11.5 Å². The van der Waals surface area contributed by atoms with Crippen LogP contribution in [0.1, 0.15) is 52.5 Å². The van der Waals surface area contributed by atoms with Gasteiger partial charge in [0.05, 0.1) is 12.2 Å². The molecule has 3 aromatic carbocycles. The lowest BCUT2D eigenvalue weighted by atomic mass is 9.75. The van der Waals surface area contributed by atoms with Gasteiger partial charge < -0.3 is 14.7 Å². The minimum absolute atomic E-state index is 0.0891. The maximum absolute atomic E-state index is 13.1. The molecule has 6 heteroatoms. The Kier molecular flexibility index (Phi) is 6.26. The smallest absolute Gasteiger partial charge is 0.416 e. The van der Waals surface area contributed by atoms with Gasteiger partial charge in [-0.25, -0.2) is 0 Å². The summed E-state index contributed by atoms with van der Waals surface area (Å²) in [5.74, 6) is 0.512. The van der Waals surface area contributed by atoms with E-state index in [0.29, 0.717) is 12.4 Å². The van der Waals surface area contributed by atoms with Crippen molar-refractivity contribution in [3.05, 3.63) is 94.5 Å². The zero-order valence-corrected chi connectivity index (χ0v) is 18.9. The van der Waals surface area contributed by atoms with Crippen LogP contribution in [0.2, 0.25) is 0 Å². The Morgan fingerprint density at radius 2 is 1.56 bits per heavy atom. The van der Waals surface area contributed by atoms with Gasteiger partial charge in [0.2, 0.25) is 0 Å². The molecule has 0 saturated carbocycles. The van der Waals surface area contributed by atoms with Gasteiger partial charge in [-0.3, -0.25) is 0 Å². The molecule has 0 aliphatic carbocycles. The van der Waals surface area contributed by atoms with Crippen LogP contribution in [-0.2, 0) is 12.6 Å². The van der Waals surface area contributed by atoms with Gasteiger partial charge in [0.25, 0.3) is 0 Å². The van der Waals surface area contributed by atoms with Crippen molar-refractivity contribution in [3.63, 3.8) is 0 Å². The molecule has 1 saturated heterocycles. The summed E-state index contributed by atoms with van der Waals surface area (Å²) in [6, 6.07) is 19.1. The first-order chi connectivity index (χ1) is 16.4. The molecule has 0 spiro atoms. The number of rotatable bonds is 5. The van der Waals surface area contributed by atoms with Crippen molar-refractivity contribution < 1.29 is 23.0 Å².